The lowest BCUT2D eigenvalue weighted by Gasteiger charge is -2.14. The van der Waals surface area contributed by atoms with Crippen LogP contribution in [0, 0.1) is 23.0 Å². The molecular weight excluding hydrogens is 903 g/mol. The molecule has 0 aliphatic carbocycles. The van der Waals surface area contributed by atoms with E-state index < -0.39 is 23.5 Å². The molecule has 7 N–H and O–H groups in total. The molecule has 66 heavy (non-hydrogen) atoms. The van der Waals surface area contributed by atoms with E-state index in [0.29, 0.717) is 113 Å². The molecule has 2 aromatic heterocycles. The van der Waals surface area contributed by atoms with Crippen LogP contribution in [-0.4, -0.2) is 82.3 Å². The van der Waals surface area contributed by atoms with E-state index in [1.165, 1.54) is 49.1 Å². The average molecular weight is 947 g/mol. The normalized spacial score (nSPS) is 10.7. The van der Waals surface area contributed by atoms with Crippen LogP contribution in [0.3, 0.4) is 0 Å². The molecule has 344 valence electrons. The number of ketones is 1. The molecule has 0 unspecified atom stereocenters. The highest BCUT2D eigenvalue weighted by Gasteiger charge is 2.15. The Morgan fingerprint density at radius 3 is 1.73 bits per heavy atom. The Bertz CT molecular complexity index is 2740. The number of aromatic nitrogens is 4. The molecule has 0 bridgehead atoms. The maximum atomic E-state index is 13.5. The minimum absolute atomic E-state index is 0.0195. The minimum atomic E-state index is -1.18. The van der Waals surface area contributed by atoms with E-state index in [2.05, 4.69) is 36.3 Å². The lowest BCUT2D eigenvalue weighted by Crippen LogP contribution is -2.09. The smallest absolute Gasteiger partial charge is 0.328 e. The lowest BCUT2D eigenvalue weighted by atomic mass is 10.0. The number of carboxylic acids is 1. The largest absolute Gasteiger partial charge is 0.491 e. The molecule has 0 aliphatic rings. The molecule has 1 amide bonds. The van der Waals surface area contributed by atoms with Gasteiger partial charge in [0.2, 0.25) is 5.91 Å². The molecule has 21 heteroatoms. The Balaban J connectivity index is 0.000000251. The SMILES string of the molecule is CCOCCOc1cc2ncnc(Nc3ccc(F)c(Cl)c3)c2cc1CC(=O)/C=C\C#N.CCOCCOc1cc2ncnc(Nc3ccc(F)c(Cl)c3)c2cc1N.NC(=O)/C=C\C(=O)O. The maximum Gasteiger partial charge on any atom is 0.328 e. The number of amides is 1. The summed E-state index contributed by atoms with van der Waals surface area (Å²) in [6.45, 7) is 6.60. The van der Waals surface area contributed by atoms with Gasteiger partial charge in [-0.1, -0.05) is 23.2 Å². The molecule has 6 rings (SSSR count). The van der Waals surface area contributed by atoms with Crippen LogP contribution in [0.4, 0.5) is 37.5 Å². The molecule has 0 saturated heterocycles. The second-order valence-corrected chi connectivity index (χ2v) is 13.9. The van der Waals surface area contributed by atoms with E-state index in [1.807, 2.05) is 13.8 Å². The van der Waals surface area contributed by atoms with Gasteiger partial charge in [0, 0.05) is 77.7 Å². The van der Waals surface area contributed by atoms with E-state index in [1.54, 1.807) is 36.4 Å². The van der Waals surface area contributed by atoms with Gasteiger partial charge in [-0.25, -0.2) is 33.5 Å². The number of nitrogens with zero attached hydrogens (tertiary/aromatic N) is 5. The van der Waals surface area contributed by atoms with Gasteiger partial charge in [-0.15, -0.1) is 0 Å². The average Bonchev–Trinajstić information content (AvgIpc) is 3.29. The van der Waals surface area contributed by atoms with E-state index in [4.69, 9.17) is 58.3 Å². The molecule has 17 nitrogen and oxygen atoms in total. The molecule has 0 saturated carbocycles. The predicted molar refractivity (Wildman–Crippen MR) is 246 cm³/mol. The summed E-state index contributed by atoms with van der Waals surface area (Å²) in [5.74, 6) is -1.18. The van der Waals surface area contributed by atoms with Crippen molar-refractivity contribution in [3.05, 3.63) is 125 Å². The Kier molecular flexibility index (Phi) is 20.4. The highest BCUT2D eigenvalue weighted by molar-refractivity contribution is 6.31. The van der Waals surface area contributed by atoms with Crippen LogP contribution in [-0.2, 0) is 30.3 Å². The quantitative estimate of drug-likeness (QED) is 0.0223. The number of allylic oxidation sites excluding steroid dienone is 2. The Morgan fingerprint density at radius 2 is 1.26 bits per heavy atom. The summed E-state index contributed by atoms with van der Waals surface area (Å²) >= 11 is 11.7. The summed E-state index contributed by atoms with van der Waals surface area (Å²) in [4.78, 5) is 48.7. The van der Waals surface area contributed by atoms with Crippen molar-refractivity contribution in [3.63, 3.8) is 0 Å². The molecule has 0 fully saturated rings. The number of anilines is 5. The fourth-order valence-electron chi connectivity index (χ4n) is 5.49. The fraction of sp³-hybridized carbons (Fsp3) is 0.200. The van der Waals surface area contributed by atoms with Gasteiger partial charge in [0.05, 0.1) is 46.0 Å². The number of benzene rings is 4. The van der Waals surface area contributed by atoms with Gasteiger partial charge in [-0.2, -0.15) is 5.26 Å². The van der Waals surface area contributed by atoms with Crippen molar-refractivity contribution in [2.45, 2.75) is 20.3 Å². The number of aliphatic carboxylic acids is 1. The van der Waals surface area contributed by atoms with Crippen molar-refractivity contribution >= 4 is 91.4 Å². The molecule has 4 aromatic carbocycles. The van der Waals surface area contributed by atoms with Gasteiger partial charge in [0.1, 0.15) is 60.6 Å². The van der Waals surface area contributed by atoms with E-state index in [0.717, 1.165) is 12.2 Å². The monoisotopic (exact) mass is 945 g/mol. The number of nitrogen functional groups attached to an aromatic ring is 1. The number of ether oxygens (including phenoxy) is 4. The van der Waals surface area contributed by atoms with Crippen LogP contribution >= 0.6 is 23.2 Å². The number of rotatable bonds is 19. The van der Waals surface area contributed by atoms with Crippen LogP contribution in [0.5, 0.6) is 11.5 Å². The molecule has 2 heterocycles. The molecular formula is C45H43Cl2F2N9O8. The van der Waals surface area contributed by atoms with Crippen molar-refractivity contribution in [1.29, 1.82) is 5.26 Å². The number of hydrogen-bond donors (Lipinski definition) is 5. The number of halogens is 4. The van der Waals surface area contributed by atoms with Gasteiger partial charge >= 0.3 is 5.97 Å². The number of primary amides is 1. The third-order valence-corrected chi connectivity index (χ3v) is 9.01. The fourth-order valence-corrected chi connectivity index (χ4v) is 5.85. The van der Waals surface area contributed by atoms with Gasteiger partial charge in [-0.3, -0.25) is 9.59 Å². The van der Waals surface area contributed by atoms with Crippen molar-refractivity contribution in [3.8, 4) is 17.6 Å². The first-order valence-electron chi connectivity index (χ1n) is 19.7. The highest BCUT2D eigenvalue weighted by Crippen LogP contribution is 2.33. The van der Waals surface area contributed by atoms with Crippen LogP contribution in [0.25, 0.3) is 21.8 Å². The number of hydrogen-bond acceptors (Lipinski definition) is 15. The van der Waals surface area contributed by atoms with Gasteiger partial charge in [0.15, 0.2) is 5.78 Å². The summed E-state index contributed by atoms with van der Waals surface area (Å²) in [6, 6.07) is 17.4. The van der Waals surface area contributed by atoms with Crippen molar-refractivity contribution in [2.75, 3.05) is 56.0 Å². The molecule has 6 aromatic rings. The Hall–Kier alpha value is -7.50. The first-order chi connectivity index (χ1) is 31.7. The number of nitrogens with one attached hydrogen (secondary N) is 2. The number of nitrogens with two attached hydrogens (primary N) is 2. The topological polar surface area (TPSA) is 260 Å². The standard InChI is InChI=1S/C23H20ClFN4O3.C18H18ClFN4O2.C4H5NO3/c1-2-31-8-9-32-22-13-21-18(11-15(22)10-17(30)4-3-7-26)23(28-14-27-21)29-16-5-6-20(25)19(24)12-16;1-2-25-5-6-26-17-9-16-12(8-15(17)21)18(23-10-22-16)24-11-3-4-14(20)13(19)7-11;5-3(6)1-2-4(7)8/h3-6,11-14H,2,8-10H2,1H3,(H,27,28,29);3-4,7-10H,2,5-6,21H2,1H3,(H,22,23,24);1-2H,(H2,5,6)(H,7,8)/b4-3-;;2-1-. The van der Waals surface area contributed by atoms with Crippen molar-refractivity contribution in [1.82, 2.24) is 19.9 Å². The van der Waals surface area contributed by atoms with E-state index in [-0.39, 0.29) is 22.2 Å². The molecule has 0 aliphatic heterocycles. The number of carbonyl (C=O) groups excluding carboxylic acids is 2. The highest BCUT2D eigenvalue weighted by atomic mass is 35.5. The van der Waals surface area contributed by atoms with Crippen molar-refractivity contribution in [2.24, 2.45) is 5.73 Å². The zero-order chi connectivity index (χ0) is 48.0. The summed E-state index contributed by atoms with van der Waals surface area (Å²) in [5.41, 5.74) is 14.1. The molecule has 0 radical (unpaired) electrons. The van der Waals surface area contributed by atoms with Crippen molar-refractivity contribution < 1.29 is 47.2 Å². The first-order valence-corrected chi connectivity index (χ1v) is 20.4. The van der Waals surface area contributed by atoms with Crippen LogP contribution in [0.1, 0.15) is 19.4 Å². The minimum Gasteiger partial charge on any atom is -0.491 e. The number of carbonyl (C=O) groups is 3. The van der Waals surface area contributed by atoms with Crippen LogP contribution in [0.2, 0.25) is 10.0 Å². The third-order valence-electron chi connectivity index (χ3n) is 8.43. The second kappa shape index (κ2) is 26.3. The molecule has 0 spiro atoms. The zero-order valence-electron chi connectivity index (χ0n) is 35.4. The van der Waals surface area contributed by atoms with Crippen LogP contribution in [0.15, 0.2) is 97.6 Å². The predicted octanol–water partition coefficient (Wildman–Crippen LogP) is 8.05. The van der Waals surface area contributed by atoms with Gasteiger partial charge in [-0.05, 0) is 68.5 Å². The first kappa shape index (κ1) is 51.1. The van der Waals surface area contributed by atoms with Crippen LogP contribution < -0.4 is 31.6 Å². The summed E-state index contributed by atoms with van der Waals surface area (Å²) in [5, 5.41) is 24.1. The molecule has 0 atom stereocenters. The van der Waals surface area contributed by atoms with Gasteiger partial charge in [0.25, 0.3) is 0 Å². The van der Waals surface area contributed by atoms with Gasteiger partial charge < -0.3 is 46.2 Å². The summed E-state index contributed by atoms with van der Waals surface area (Å²) in [6.07, 6.45) is 6.65. The Morgan fingerprint density at radius 1 is 0.742 bits per heavy atom. The Labute approximate surface area is 387 Å². The number of nitriles is 1. The number of carboxylic acid groups (broad SMARTS) is 1. The van der Waals surface area contributed by atoms with E-state index >= 15 is 0 Å². The second-order valence-electron chi connectivity index (χ2n) is 13.1. The zero-order valence-corrected chi connectivity index (χ0v) is 36.9. The maximum absolute atomic E-state index is 13.5. The summed E-state index contributed by atoms with van der Waals surface area (Å²) in [7, 11) is 0. The number of fused-ring (bicyclic) bond motifs is 2. The lowest BCUT2D eigenvalue weighted by molar-refractivity contribution is -0.131. The van der Waals surface area contributed by atoms with E-state index in [9.17, 15) is 23.2 Å². The third kappa shape index (κ3) is 16.2. The summed E-state index contributed by atoms with van der Waals surface area (Å²) < 4.78 is 48.8.